The molecule has 1 heterocycles. The number of ether oxygens (including phenoxy) is 1. The molecule has 1 aromatic rings. The molecular formula is C13H20N2OS. The lowest BCUT2D eigenvalue weighted by Crippen LogP contribution is -2.12. The lowest BCUT2D eigenvalue weighted by Gasteiger charge is -2.12. The highest BCUT2D eigenvalue weighted by Crippen LogP contribution is 2.10. The van der Waals surface area contributed by atoms with Crippen LogP contribution in [0.1, 0.15) is 37.9 Å². The van der Waals surface area contributed by atoms with Gasteiger partial charge in [0.15, 0.2) is 0 Å². The van der Waals surface area contributed by atoms with E-state index in [9.17, 15) is 0 Å². The van der Waals surface area contributed by atoms with E-state index in [1.165, 1.54) is 0 Å². The van der Waals surface area contributed by atoms with Gasteiger partial charge in [-0.3, -0.25) is 4.98 Å². The average molecular weight is 252 g/mol. The number of hydrogen-bond donors (Lipinski definition) is 1. The van der Waals surface area contributed by atoms with Crippen LogP contribution < -0.4 is 5.73 Å². The Bertz CT molecular complexity index is 364. The quantitative estimate of drug-likeness (QED) is 0.758. The molecule has 0 spiro atoms. The molecule has 4 heteroatoms. The van der Waals surface area contributed by atoms with Crippen molar-refractivity contribution >= 4 is 17.2 Å². The number of rotatable bonds is 7. The molecule has 1 aromatic heterocycles. The largest absolute Gasteiger partial charge is 0.388 e. The van der Waals surface area contributed by atoms with E-state index >= 15 is 0 Å². The highest BCUT2D eigenvalue weighted by molar-refractivity contribution is 7.80. The second-order valence-electron chi connectivity index (χ2n) is 4.11. The van der Waals surface area contributed by atoms with E-state index in [1.807, 2.05) is 12.1 Å². The third kappa shape index (κ3) is 4.79. The minimum Gasteiger partial charge on any atom is -0.388 e. The summed E-state index contributed by atoms with van der Waals surface area (Å²) in [4.78, 5) is 4.42. The SMILES string of the molecule is CCC(CC)COCc1ccnc(C(N)=S)c1. The molecule has 0 amide bonds. The maximum Gasteiger partial charge on any atom is 0.122 e. The predicted octanol–water partition coefficient (Wildman–Crippen LogP) is 2.67. The van der Waals surface area contributed by atoms with E-state index in [0.29, 0.717) is 23.2 Å². The molecule has 0 atom stereocenters. The van der Waals surface area contributed by atoms with Crippen LogP contribution in [0.4, 0.5) is 0 Å². The number of thiocarbonyl (C=S) groups is 1. The Balaban J connectivity index is 2.46. The number of nitrogens with two attached hydrogens (primary N) is 1. The molecule has 0 aliphatic carbocycles. The lowest BCUT2D eigenvalue weighted by atomic mass is 10.1. The van der Waals surface area contributed by atoms with Crippen LogP contribution in [0.5, 0.6) is 0 Å². The van der Waals surface area contributed by atoms with Crippen LogP contribution in [0.15, 0.2) is 18.3 Å². The molecule has 0 saturated carbocycles. The van der Waals surface area contributed by atoms with Gasteiger partial charge in [0.05, 0.1) is 12.3 Å². The van der Waals surface area contributed by atoms with Crippen molar-refractivity contribution in [1.82, 2.24) is 4.98 Å². The van der Waals surface area contributed by atoms with Gasteiger partial charge in [0.1, 0.15) is 4.99 Å². The second kappa shape index (κ2) is 7.35. The smallest absolute Gasteiger partial charge is 0.122 e. The first-order valence-corrected chi connectivity index (χ1v) is 6.40. The molecule has 2 N–H and O–H groups in total. The molecule has 3 nitrogen and oxygen atoms in total. The fourth-order valence-electron chi connectivity index (χ4n) is 1.57. The fraction of sp³-hybridized carbons (Fsp3) is 0.538. The monoisotopic (exact) mass is 252 g/mol. The summed E-state index contributed by atoms with van der Waals surface area (Å²) in [6.07, 6.45) is 4.03. The van der Waals surface area contributed by atoms with Crippen LogP contribution in [-0.2, 0) is 11.3 Å². The standard InChI is InChI=1S/C13H20N2OS/c1-3-10(4-2)8-16-9-11-5-6-15-12(7-11)13(14)17/h5-7,10H,3-4,8-9H2,1-2H3,(H2,14,17). The molecule has 0 unspecified atom stereocenters. The van der Waals surface area contributed by atoms with E-state index in [2.05, 4.69) is 18.8 Å². The van der Waals surface area contributed by atoms with Gasteiger partial charge in [-0.2, -0.15) is 0 Å². The van der Waals surface area contributed by atoms with E-state index in [0.717, 1.165) is 25.0 Å². The van der Waals surface area contributed by atoms with Gasteiger partial charge in [-0.1, -0.05) is 38.9 Å². The van der Waals surface area contributed by atoms with Gasteiger partial charge >= 0.3 is 0 Å². The third-order valence-corrected chi connectivity index (χ3v) is 3.06. The number of nitrogens with zero attached hydrogens (tertiary/aromatic N) is 1. The number of aromatic nitrogens is 1. The first kappa shape index (κ1) is 14.1. The van der Waals surface area contributed by atoms with Crippen molar-refractivity contribution in [2.75, 3.05) is 6.61 Å². The van der Waals surface area contributed by atoms with Crippen molar-refractivity contribution in [3.8, 4) is 0 Å². The van der Waals surface area contributed by atoms with Gasteiger partial charge < -0.3 is 10.5 Å². The van der Waals surface area contributed by atoms with Crippen LogP contribution in [-0.4, -0.2) is 16.6 Å². The normalized spacial score (nSPS) is 10.8. The van der Waals surface area contributed by atoms with Gasteiger partial charge in [0.2, 0.25) is 0 Å². The summed E-state index contributed by atoms with van der Waals surface area (Å²) in [7, 11) is 0. The summed E-state index contributed by atoms with van der Waals surface area (Å²) >= 11 is 4.89. The molecular weight excluding hydrogens is 232 g/mol. The number of pyridine rings is 1. The van der Waals surface area contributed by atoms with Crippen LogP contribution in [0, 0.1) is 5.92 Å². The molecule has 94 valence electrons. The zero-order chi connectivity index (χ0) is 12.7. The predicted molar refractivity (Wildman–Crippen MR) is 73.9 cm³/mol. The summed E-state index contributed by atoms with van der Waals surface area (Å²) in [5.74, 6) is 0.645. The van der Waals surface area contributed by atoms with E-state index in [-0.39, 0.29) is 0 Å². The Hall–Kier alpha value is -1.00. The minimum absolute atomic E-state index is 0.326. The van der Waals surface area contributed by atoms with Crippen molar-refractivity contribution in [3.63, 3.8) is 0 Å². The fourth-order valence-corrected chi connectivity index (χ4v) is 1.68. The van der Waals surface area contributed by atoms with Crippen molar-refractivity contribution in [2.45, 2.75) is 33.3 Å². The van der Waals surface area contributed by atoms with Crippen LogP contribution in [0.3, 0.4) is 0 Å². The Morgan fingerprint density at radius 1 is 1.47 bits per heavy atom. The second-order valence-corrected chi connectivity index (χ2v) is 4.55. The summed E-state index contributed by atoms with van der Waals surface area (Å²) < 4.78 is 5.69. The van der Waals surface area contributed by atoms with Crippen LogP contribution in [0.25, 0.3) is 0 Å². The van der Waals surface area contributed by atoms with E-state index in [1.54, 1.807) is 6.20 Å². The van der Waals surface area contributed by atoms with Gasteiger partial charge in [0, 0.05) is 12.8 Å². The Morgan fingerprint density at radius 3 is 2.76 bits per heavy atom. The van der Waals surface area contributed by atoms with Crippen LogP contribution >= 0.6 is 12.2 Å². The zero-order valence-corrected chi connectivity index (χ0v) is 11.3. The molecule has 0 aromatic carbocycles. The molecule has 0 saturated heterocycles. The Labute approximate surface area is 108 Å². The van der Waals surface area contributed by atoms with Crippen molar-refractivity contribution in [2.24, 2.45) is 11.7 Å². The maximum atomic E-state index is 5.69. The van der Waals surface area contributed by atoms with Gasteiger partial charge in [-0.15, -0.1) is 0 Å². The van der Waals surface area contributed by atoms with Gasteiger partial charge in [-0.25, -0.2) is 0 Å². The van der Waals surface area contributed by atoms with E-state index in [4.69, 9.17) is 22.7 Å². The van der Waals surface area contributed by atoms with Crippen LogP contribution in [0.2, 0.25) is 0 Å². The minimum atomic E-state index is 0.326. The summed E-state index contributed by atoms with van der Waals surface area (Å²) in [5.41, 5.74) is 7.25. The van der Waals surface area contributed by atoms with Gasteiger partial charge in [0.25, 0.3) is 0 Å². The Morgan fingerprint density at radius 2 is 2.18 bits per heavy atom. The Kier molecular flexibility index (Phi) is 6.08. The molecule has 0 bridgehead atoms. The molecule has 1 rings (SSSR count). The van der Waals surface area contributed by atoms with Crippen molar-refractivity contribution < 1.29 is 4.74 Å². The molecule has 0 radical (unpaired) electrons. The molecule has 0 aliphatic rings. The number of hydrogen-bond acceptors (Lipinski definition) is 3. The third-order valence-electron chi connectivity index (χ3n) is 2.85. The first-order chi connectivity index (χ1) is 8.17. The van der Waals surface area contributed by atoms with Crippen molar-refractivity contribution in [3.05, 3.63) is 29.6 Å². The summed E-state index contributed by atoms with van der Waals surface area (Å²) in [6, 6.07) is 3.81. The van der Waals surface area contributed by atoms with E-state index < -0.39 is 0 Å². The summed E-state index contributed by atoms with van der Waals surface area (Å²) in [5, 5.41) is 0. The molecule has 17 heavy (non-hydrogen) atoms. The zero-order valence-electron chi connectivity index (χ0n) is 10.5. The van der Waals surface area contributed by atoms with Crippen molar-refractivity contribution in [1.29, 1.82) is 0 Å². The van der Waals surface area contributed by atoms with Gasteiger partial charge in [-0.05, 0) is 23.6 Å². The topological polar surface area (TPSA) is 48.1 Å². The maximum absolute atomic E-state index is 5.69. The highest BCUT2D eigenvalue weighted by atomic mass is 32.1. The molecule has 0 aliphatic heterocycles. The molecule has 0 fully saturated rings. The highest BCUT2D eigenvalue weighted by Gasteiger charge is 2.04. The lowest BCUT2D eigenvalue weighted by molar-refractivity contribution is 0.0843. The first-order valence-electron chi connectivity index (χ1n) is 5.99. The average Bonchev–Trinajstić information content (AvgIpc) is 2.35. The summed E-state index contributed by atoms with van der Waals surface area (Å²) in [6.45, 7) is 5.77.